The van der Waals surface area contributed by atoms with E-state index in [4.69, 9.17) is 9.47 Å². The molecule has 0 aliphatic heterocycles. The molecule has 2 aromatic carbocycles. The summed E-state index contributed by atoms with van der Waals surface area (Å²) in [5, 5.41) is 4.92. The van der Waals surface area contributed by atoms with Crippen LogP contribution >= 0.6 is 11.3 Å². The zero-order valence-corrected chi connectivity index (χ0v) is 17.1. The quantitative estimate of drug-likeness (QED) is 0.464. The first-order chi connectivity index (χ1) is 14.1. The molecule has 0 amide bonds. The molecule has 0 aliphatic rings. The van der Waals surface area contributed by atoms with Crippen molar-refractivity contribution in [2.45, 2.75) is 6.92 Å². The monoisotopic (exact) mass is 405 g/mol. The maximum absolute atomic E-state index is 13.2. The average Bonchev–Trinajstić information content (AvgIpc) is 3.10. The number of rotatable bonds is 5. The highest BCUT2D eigenvalue weighted by Gasteiger charge is 2.16. The summed E-state index contributed by atoms with van der Waals surface area (Å²) in [5.74, 6) is 1.28. The predicted octanol–water partition coefficient (Wildman–Crippen LogP) is 4.33. The Hall–Kier alpha value is -3.45. The summed E-state index contributed by atoms with van der Waals surface area (Å²) < 4.78 is 11.8. The molecule has 6 nitrogen and oxygen atoms in total. The van der Waals surface area contributed by atoms with Crippen LogP contribution in [0.25, 0.3) is 21.3 Å². The molecule has 0 fully saturated rings. The number of hydrogen-bond acceptors (Lipinski definition) is 6. The molecule has 0 spiro atoms. The Kier molecular flexibility index (Phi) is 5.14. The molecule has 0 radical (unpaired) electrons. The maximum atomic E-state index is 13.2. The van der Waals surface area contributed by atoms with Crippen LogP contribution in [0.3, 0.4) is 0 Å². The van der Waals surface area contributed by atoms with E-state index in [0.717, 1.165) is 21.6 Å². The molecule has 0 bridgehead atoms. The lowest BCUT2D eigenvalue weighted by atomic mass is 10.0. The molecule has 29 heavy (non-hydrogen) atoms. The molecule has 146 valence electrons. The molecule has 0 unspecified atom stereocenters. The van der Waals surface area contributed by atoms with Crippen LogP contribution in [0.2, 0.25) is 0 Å². The van der Waals surface area contributed by atoms with Crippen molar-refractivity contribution in [1.82, 2.24) is 9.66 Å². The number of aryl methyl sites for hydroxylation is 1. The summed E-state index contributed by atoms with van der Waals surface area (Å²) in [6.07, 6.45) is 3.02. The second-order valence-electron chi connectivity index (χ2n) is 6.33. The third-order valence-electron chi connectivity index (χ3n) is 4.60. The Bertz CT molecular complexity index is 1260. The molecule has 2 heterocycles. The molecule has 0 saturated heterocycles. The van der Waals surface area contributed by atoms with Crippen molar-refractivity contribution in [3.63, 3.8) is 0 Å². The Labute approximate surface area is 171 Å². The van der Waals surface area contributed by atoms with E-state index in [0.29, 0.717) is 21.7 Å². The molecule has 4 aromatic rings. The first-order valence-corrected chi connectivity index (χ1v) is 9.76. The van der Waals surface area contributed by atoms with Gasteiger partial charge < -0.3 is 9.47 Å². The lowest BCUT2D eigenvalue weighted by Crippen LogP contribution is -2.17. The normalized spacial score (nSPS) is 11.3. The topological polar surface area (TPSA) is 65.7 Å². The first kappa shape index (κ1) is 18.9. The first-order valence-electron chi connectivity index (χ1n) is 8.95. The van der Waals surface area contributed by atoms with E-state index < -0.39 is 0 Å². The summed E-state index contributed by atoms with van der Waals surface area (Å²) in [5.41, 5.74) is 2.43. The molecule has 0 N–H and O–H groups in total. The van der Waals surface area contributed by atoms with Gasteiger partial charge >= 0.3 is 0 Å². The SMILES string of the molecule is COc1ccc(/C=N\n2cnc3sc(C)c(-c4ccccc4)c3c2=O)c(OC)c1. The van der Waals surface area contributed by atoms with Gasteiger partial charge in [0.2, 0.25) is 0 Å². The predicted molar refractivity (Wildman–Crippen MR) is 117 cm³/mol. The van der Waals surface area contributed by atoms with Gasteiger partial charge in [-0.15, -0.1) is 11.3 Å². The van der Waals surface area contributed by atoms with Crippen LogP contribution < -0.4 is 15.0 Å². The highest BCUT2D eigenvalue weighted by Crippen LogP contribution is 2.35. The Morgan fingerprint density at radius 2 is 1.90 bits per heavy atom. The van der Waals surface area contributed by atoms with Crippen LogP contribution in [0.15, 0.2) is 64.8 Å². The third-order valence-corrected chi connectivity index (χ3v) is 5.61. The minimum Gasteiger partial charge on any atom is -0.497 e. The molecule has 0 aliphatic carbocycles. The van der Waals surface area contributed by atoms with Gasteiger partial charge in [-0.05, 0) is 24.6 Å². The lowest BCUT2D eigenvalue weighted by molar-refractivity contribution is 0.394. The van der Waals surface area contributed by atoms with Gasteiger partial charge in [0.25, 0.3) is 5.56 Å². The van der Waals surface area contributed by atoms with Crippen LogP contribution in [0.4, 0.5) is 0 Å². The molecule has 0 atom stereocenters. The zero-order valence-electron chi connectivity index (χ0n) is 16.2. The van der Waals surface area contributed by atoms with Gasteiger partial charge in [0.15, 0.2) is 0 Å². The second kappa shape index (κ2) is 7.89. The van der Waals surface area contributed by atoms with Gasteiger partial charge in [-0.2, -0.15) is 9.78 Å². The van der Waals surface area contributed by atoms with E-state index in [1.807, 2.05) is 49.4 Å². The van der Waals surface area contributed by atoms with E-state index in [9.17, 15) is 4.79 Å². The van der Waals surface area contributed by atoms with Gasteiger partial charge in [0, 0.05) is 22.1 Å². The van der Waals surface area contributed by atoms with Crippen molar-refractivity contribution in [3.8, 4) is 22.6 Å². The number of aromatic nitrogens is 2. The molecule has 4 rings (SSSR count). The minimum atomic E-state index is -0.207. The Morgan fingerprint density at radius 1 is 1.10 bits per heavy atom. The van der Waals surface area contributed by atoms with E-state index in [-0.39, 0.29) is 5.56 Å². The van der Waals surface area contributed by atoms with Crippen molar-refractivity contribution >= 4 is 27.8 Å². The second-order valence-corrected chi connectivity index (χ2v) is 7.53. The van der Waals surface area contributed by atoms with E-state index >= 15 is 0 Å². The van der Waals surface area contributed by atoms with Gasteiger partial charge in [-0.3, -0.25) is 4.79 Å². The molecule has 0 saturated carbocycles. The number of benzene rings is 2. The van der Waals surface area contributed by atoms with Crippen molar-refractivity contribution in [3.05, 3.63) is 75.7 Å². The number of fused-ring (bicyclic) bond motifs is 1. The minimum absolute atomic E-state index is 0.207. The number of thiophene rings is 1. The summed E-state index contributed by atoms with van der Waals surface area (Å²) in [6, 6.07) is 15.3. The Morgan fingerprint density at radius 3 is 2.62 bits per heavy atom. The summed E-state index contributed by atoms with van der Waals surface area (Å²) in [6.45, 7) is 2.00. The van der Waals surface area contributed by atoms with E-state index in [2.05, 4.69) is 10.1 Å². The van der Waals surface area contributed by atoms with Crippen LogP contribution in [0.5, 0.6) is 11.5 Å². The largest absolute Gasteiger partial charge is 0.497 e. The summed E-state index contributed by atoms with van der Waals surface area (Å²) in [4.78, 5) is 19.4. The fraction of sp³-hybridized carbons (Fsp3) is 0.136. The van der Waals surface area contributed by atoms with Gasteiger partial charge in [0.1, 0.15) is 22.7 Å². The van der Waals surface area contributed by atoms with Crippen molar-refractivity contribution < 1.29 is 9.47 Å². The van der Waals surface area contributed by atoms with Crippen molar-refractivity contribution in [1.29, 1.82) is 0 Å². The van der Waals surface area contributed by atoms with E-state index in [1.54, 1.807) is 26.5 Å². The van der Waals surface area contributed by atoms with Gasteiger partial charge in [-0.1, -0.05) is 30.3 Å². The van der Waals surface area contributed by atoms with Crippen LogP contribution in [0, 0.1) is 6.92 Å². The number of methoxy groups -OCH3 is 2. The highest BCUT2D eigenvalue weighted by molar-refractivity contribution is 7.19. The van der Waals surface area contributed by atoms with E-state index in [1.165, 1.54) is 22.3 Å². The van der Waals surface area contributed by atoms with Crippen LogP contribution in [-0.4, -0.2) is 30.1 Å². The maximum Gasteiger partial charge on any atom is 0.283 e. The zero-order chi connectivity index (χ0) is 20.4. The fourth-order valence-electron chi connectivity index (χ4n) is 3.18. The molecular formula is C22H19N3O3S. The fourth-order valence-corrected chi connectivity index (χ4v) is 4.18. The third kappa shape index (κ3) is 3.52. The summed E-state index contributed by atoms with van der Waals surface area (Å²) in [7, 11) is 3.17. The average molecular weight is 405 g/mol. The Balaban J connectivity index is 1.81. The lowest BCUT2D eigenvalue weighted by Gasteiger charge is -2.07. The van der Waals surface area contributed by atoms with Crippen molar-refractivity contribution in [2.75, 3.05) is 14.2 Å². The molecule has 7 heteroatoms. The number of ether oxygens (including phenoxy) is 2. The van der Waals surface area contributed by atoms with Crippen LogP contribution in [-0.2, 0) is 0 Å². The van der Waals surface area contributed by atoms with Gasteiger partial charge in [0.05, 0.1) is 25.8 Å². The van der Waals surface area contributed by atoms with Crippen molar-refractivity contribution in [2.24, 2.45) is 5.10 Å². The van der Waals surface area contributed by atoms with Crippen LogP contribution in [0.1, 0.15) is 10.4 Å². The molecular weight excluding hydrogens is 386 g/mol. The number of hydrogen-bond donors (Lipinski definition) is 0. The standard InChI is InChI=1S/C22H19N3O3S/c1-14-19(15-7-5-4-6-8-15)20-21(29-14)23-13-25(22(20)26)24-12-16-9-10-17(27-2)11-18(16)28-3/h4-13H,1-3H3/b24-12-. The summed E-state index contributed by atoms with van der Waals surface area (Å²) >= 11 is 1.51. The smallest absolute Gasteiger partial charge is 0.283 e. The number of nitrogens with zero attached hydrogens (tertiary/aromatic N) is 3. The van der Waals surface area contributed by atoms with Gasteiger partial charge in [-0.25, -0.2) is 4.98 Å². The highest BCUT2D eigenvalue weighted by atomic mass is 32.1. The molecule has 2 aromatic heterocycles.